The Morgan fingerprint density at radius 1 is 1.10 bits per heavy atom. The maximum atomic E-state index is 4.58. The van der Waals surface area contributed by atoms with E-state index in [1.165, 1.54) is 12.8 Å². The van der Waals surface area contributed by atoms with Gasteiger partial charge in [0.15, 0.2) is 0 Å². The van der Waals surface area contributed by atoms with Crippen molar-refractivity contribution in [1.82, 2.24) is 15.0 Å². The van der Waals surface area contributed by atoms with Crippen molar-refractivity contribution in [3.05, 3.63) is 0 Å². The van der Waals surface area contributed by atoms with E-state index in [0.717, 1.165) is 31.9 Å². The third-order valence-electron chi connectivity index (χ3n) is 3.56. The molecular weight excluding hydrogens is 252 g/mol. The summed E-state index contributed by atoms with van der Waals surface area (Å²) < 4.78 is 0. The Labute approximate surface area is 121 Å². The summed E-state index contributed by atoms with van der Waals surface area (Å²) in [4.78, 5) is 15.7. The summed E-state index contributed by atoms with van der Waals surface area (Å²) in [5, 5.41) is 6.45. The van der Waals surface area contributed by atoms with E-state index >= 15 is 0 Å². The van der Waals surface area contributed by atoms with Gasteiger partial charge < -0.3 is 15.5 Å². The molecule has 0 unspecified atom stereocenters. The zero-order chi connectivity index (χ0) is 14.6. The van der Waals surface area contributed by atoms with Crippen molar-refractivity contribution in [2.45, 2.75) is 52.0 Å². The Kier molecular flexibility index (Phi) is 4.62. The van der Waals surface area contributed by atoms with Gasteiger partial charge in [-0.1, -0.05) is 13.3 Å². The summed E-state index contributed by atoms with van der Waals surface area (Å²) in [5.41, 5.74) is -0.0105. The van der Waals surface area contributed by atoms with Crippen LogP contribution in [0.5, 0.6) is 0 Å². The van der Waals surface area contributed by atoms with Gasteiger partial charge in [0.05, 0.1) is 0 Å². The van der Waals surface area contributed by atoms with Crippen LogP contribution in [0.3, 0.4) is 0 Å². The molecule has 1 aliphatic rings. The molecule has 2 heterocycles. The number of hydrogen-bond donors (Lipinski definition) is 2. The highest BCUT2D eigenvalue weighted by Gasteiger charge is 2.21. The van der Waals surface area contributed by atoms with Gasteiger partial charge in [0.25, 0.3) is 0 Å². The van der Waals surface area contributed by atoms with E-state index in [9.17, 15) is 0 Å². The quantitative estimate of drug-likeness (QED) is 0.833. The first kappa shape index (κ1) is 14.8. The highest BCUT2D eigenvalue weighted by Crippen LogP contribution is 2.21. The molecule has 6 heteroatoms. The third kappa shape index (κ3) is 3.71. The van der Waals surface area contributed by atoms with Crippen LogP contribution in [0, 0.1) is 0 Å². The molecule has 1 aromatic rings. The summed E-state index contributed by atoms with van der Waals surface area (Å²) >= 11 is 0. The van der Waals surface area contributed by atoms with Gasteiger partial charge in [-0.2, -0.15) is 15.0 Å². The maximum absolute atomic E-state index is 4.58. The minimum absolute atomic E-state index is 0.0105. The first-order chi connectivity index (χ1) is 9.54. The van der Waals surface area contributed by atoms with Crippen LogP contribution in [-0.2, 0) is 0 Å². The molecule has 0 bridgehead atoms. The molecule has 0 spiro atoms. The lowest BCUT2D eigenvalue weighted by Gasteiger charge is -2.26. The summed E-state index contributed by atoms with van der Waals surface area (Å²) in [7, 11) is 1.84. The van der Waals surface area contributed by atoms with Crippen LogP contribution in [0.1, 0.15) is 46.5 Å². The maximum Gasteiger partial charge on any atom is 0.231 e. The Bertz CT molecular complexity index is 439. The first-order valence-corrected chi connectivity index (χ1v) is 7.51. The van der Waals surface area contributed by atoms with E-state index in [1.807, 2.05) is 7.05 Å². The van der Waals surface area contributed by atoms with Gasteiger partial charge >= 0.3 is 0 Å². The molecule has 2 N–H and O–H groups in total. The first-order valence-electron chi connectivity index (χ1n) is 7.51. The molecule has 0 radical (unpaired) electrons. The minimum Gasteiger partial charge on any atom is -0.357 e. The molecule has 1 fully saturated rings. The van der Waals surface area contributed by atoms with Crippen LogP contribution in [0.2, 0.25) is 0 Å². The number of hydrogen-bond acceptors (Lipinski definition) is 6. The van der Waals surface area contributed by atoms with Crippen molar-refractivity contribution in [3.8, 4) is 0 Å². The molecule has 112 valence electrons. The van der Waals surface area contributed by atoms with Crippen LogP contribution >= 0.6 is 0 Å². The summed E-state index contributed by atoms with van der Waals surface area (Å²) in [6.45, 7) is 8.60. The second kappa shape index (κ2) is 6.24. The van der Waals surface area contributed by atoms with Crippen molar-refractivity contribution < 1.29 is 0 Å². The minimum atomic E-state index is -0.0105. The SMILES string of the molecule is CCCC(C)(C)Nc1nc(NC)nc(N2CCCC2)n1. The molecule has 2 rings (SSSR count). The molecular formula is C14H26N6. The molecule has 1 saturated heterocycles. The number of aromatic nitrogens is 3. The summed E-state index contributed by atoms with van der Waals surface area (Å²) in [6, 6.07) is 0. The molecule has 1 aromatic heterocycles. The van der Waals surface area contributed by atoms with Crippen LogP contribution in [0.4, 0.5) is 17.8 Å². The standard InChI is InChI=1S/C14H26N6/c1-5-8-14(2,3)19-12-16-11(15-4)17-13(18-12)20-9-6-7-10-20/h5-10H2,1-4H3,(H2,15,16,17,18,19). The monoisotopic (exact) mass is 278 g/mol. The van der Waals surface area contributed by atoms with Gasteiger partial charge in [-0.25, -0.2) is 0 Å². The topological polar surface area (TPSA) is 66.0 Å². The van der Waals surface area contributed by atoms with Gasteiger partial charge in [0.1, 0.15) is 0 Å². The van der Waals surface area contributed by atoms with Crippen LogP contribution in [0.15, 0.2) is 0 Å². The Morgan fingerprint density at radius 3 is 2.35 bits per heavy atom. The fourth-order valence-corrected chi connectivity index (χ4v) is 2.58. The van der Waals surface area contributed by atoms with Gasteiger partial charge in [-0.15, -0.1) is 0 Å². The van der Waals surface area contributed by atoms with Crippen LogP contribution in [-0.4, -0.2) is 40.6 Å². The van der Waals surface area contributed by atoms with Crippen molar-refractivity contribution in [3.63, 3.8) is 0 Å². The highest BCUT2D eigenvalue weighted by molar-refractivity contribution is 5.45. The van der Waals surface area contributed by atoms with Crippen molar-refractivity contribution >= 4 is 17.8 Å². The lowest BCUT2D eigenvalue weighted by Crippen LogP contribution is -2.32. The number of anilines is 3. The lowest BCUT2D eigenvalue weighted by atomic mass is 9.99. The van der Waals surface area contributed by atoms with Crippen LogP contribution in [0.25, 0.3) is 0 Å². The molecule has 0 amide bonds. The van der Waals surface area contributed by atoms with Gasteiger partial charge in [0.2, 0.25) is 17.8 Å². The fraction of sp³-hybridized carbons (Fsp3) is 0.786. The predicted octanol–water partition coefficient (Wildman–Crippen LogP) is 2.50. The normalized spacial score (nSPS) is 15.5. The van der Waals surface area contributed by atoms with E-state index in [2.05, 4.69) is 51.3 Å². The van der Waals surface area contributed by atoms with E-state index in [4.69, 9.17) is 0 Å². The van der Waals surface area contributed by atoms with Crippen LogP contribution < -0.4 is 15.5 Å². The van der Waals surface area contributed by atoms with E-state index in [1.54, 1.807) is 0 Å². The second-order valence-corrected chi connectivity index (χ2v) is 5.99. The van der Waals surface area contributed by atoms with Crippen molar-refractivity contribution in [1.29, 1.82) is 0 Å². The Balaban J connectivity index is 2.21. The average molecular weight is 278 g/mol. The Morgan fingerprint density at radius 2 is 1.75 bits per heavy atom. The van der Waals surface area contributed by atoms with Gasteiger partial charge in [0, 0.05) is 25.7 Å². The zero-order valence-corrected chi connectivity index (χ0v) is 13.0. The third-order valence-corrected chi connectivity index (χ3v) is 3.56. The molecule has 0 saturated carbocycles. The average Bonchev–Trinajstić information content (AvgIpc) is 2.91. The Hall–Kier alpha value is -1.59. The largest absolute Gasteiger partial charge is 0.357 e. The van der Waals surface area contributed by atoms with Gasteiger partial charge in [-0.3, -0.25) is 0 Å². The molecule has 6 nitrogen and oxygen atoms in total. The molecule has 1 aliphatic heterocycles. The lowest BCUT2D eigenvalue weighted by molar-refractivity contribution is 0.506. The smallest absolute Gasteiger partial charge is 0.231 e. The number of nitrogens with zero attached hydrogens (tertiary/aromatic N) is 4. The second-order valence-electron chi connectivity index (χ2n) is 5.99. The predicted molar refractivity (Wildman–Crippen MR) is 83.4 cm³/mol. The molecule has 20 heavy (non-hydrogen) atoms. The van der Waals surface area contributed by atoms with E-state index in [0.29, 0.717) is 11.9 Å². The van der Waals surface area contributed by atoms with E-state index < -0.39 is 0 Å². The van der Waals surface area contributed by atoms with Crippen molar-refractivity contribution in [2.24, 2.45) is 0 Å². The highest BCUT2D eigenvalue weighted by atomic mass is 15.3. The summed E-state index contributed by atoms with van der Waals surface area (Å²) in [6.07, 6.45) is 4.63. The van der Waals surface area contributed by atoms with Gasteiger partial charge in [-0.05, 0) is 33.1 Å². The zero-order valence-electron chi connectivity index (χ0n) is 13.0. The molecule has 0 aromatic carbocycles. The van der Waals surface area contributed by atoms with Crippen molar-refractivity contribution in [2.75, 3.05) is 35.7 Å². The number of nitrogens with one attached hydrogen (secondary N) is 2. The van der Waals surface area contributed by atoms with E-state index in [-0.39, 0.29) is 5.54 Å². The summed E-state index contributed by atoms with van der Waals surface area (Å²) in [5.74, 6) is 2.05. The number of rotatable bonds is 6. The fourth-order valence-electron chi connectivity index (χ4n) is 2.58. The molecule has 0 atom stereocenters. The molecule has 0 aliphatic carbocycles.